The highest BCUT2D eigenvalue weighted by atomic mass is 35.5. The molecule has 0 bridgehead atoms. The van der Waals surface area contributed by atoms with Gasteiger partial charge in [0, 0.05) is 12.5 Å². The summed E-state index contributed by atoms with van der Waals surface area (Å²) in [6.45, 7) is -1.62. The van der Waals surface area contributed by atoms with Crippen molar-refractivity contribution >= 4 is 36.0 Å². The summed E-state index contributed by atoms with van der Waals surface area (Å²) >= 11 is 6.18. The van der Waals surface area contributed by atoms with E-state index >= 15 is 0 Å². The van der Waals surface area contributed by atoms with Crippen molar-refractivity contribution in [1.82, 2.24) is 29.9 Å². The number of anilines is 1. The molecule has 1 aliphatic carbocycles. The maximum atomic E-state index is 12.3. The zero-order valence-corrected chi connectivity index (χ0v) is 21.6. The highest BCUT2D eigenvalue weighted by molar-refractivity contribution is 7.53. The Morgan fingerprint density at radius 2 is 2.08 bits per heavy atom. The van der Waals surface area contributed by atoms with Crippen LogP contribution in [0.15, 0.2) is 15.5 Å². The van der Waals surface area contributed by atoms with Crippen molar-refractivity contribution in [3.05, 3.63) is 27.9 Å². The van der Waals surface area contributed by atoms with Gasteiger partial charge in [0.2, 0.25) is 5.28 Å². The number of nitrogens with one attached hydrogen (secondary N) is 2. The summed E-state index contributed by atoms with van der Waals surface area (Å²) in [5.41, 5.74) is 0.388. The Morgan fingerprint density at radius 3 is 2.74 bits per heavy atom. The predicted molar refractivity (Wildman–Crippen MR) is 129 cm³/mol. The summed E-state index contributed by atoms with van der Waals surface area (Å²) in [6, 6.07) is 0.273. The van der Waals surface area contributed by atoms with Crippen LogP contribution in [-0.2, 0) is 20.5 Å². The minimum atomic E-state index is -5.13. The Labute approximate surface area is 219 Å². The molecule has 1 saturated carbocycles. The van der Waals surface area contributed by atoms with E-state index in [2.05, 4.69) is 35.0 Å². The van der Waals surface area contributed by atoms with Crippen LogP contribution in [0, 0.1) is 0 Å². The molecule has 1 unspecified atom stereocenters. The quantitative estimate of drug-likeness (QED) is 0.141. The van der Waals surface area contributed by atoms with Crippen molar-refractivity contribution in [2.24, 2.45) is 0 Å². The molecule has 6 N–H and O–H groups in total. The molecule has 3 aromatic heterocycles. The second-order valence-electron chi connectivity index (χ2n) is 9.40. The van der Waals surface area contributed by atoms with Crippen LogP contribution in [0.4, 0.5) is 5.82 Å². The summed E-state index contributed by atoms with van der Waals surface area (Å²) < 4.78 is 29.5. The first-order valence-electron chi connectivity index (χ1n) is 11.9. The van der Waals surface area contributed by atoms with Crippen LogP contribution in [0.5, 0.6) is 0 Å². The number of hydrogen-bond donors (Lipinski definition) is 6. The molecule has 18 heteroatoms. The van der Waals surface area contributed by atoms with Crippen LogP contribution in [0.3, 0.4) is 0 Å². The van der Waals surface area contributed by atoms with Crippen LogP contribution in [0.25, 0.3) is 11.0 Å². The minimum Gasteiger partial charge on any atom is -0.393 e. The van der Waals surface area contributed by atoms with Gasteiger partial charge in [-0.3, -0.25) is 14.1 Å². The molecule has 2 fully saturated rings. The number of nitrogens with zero attached hydrogens (tertiary/aromatic N) is 5. The third kappa shape index (κ3) is 5.35. The maximum Gasteiger partial charge on any atom is 0.438 e. The van der Waals surface area contributed by atoms with Crippen molar-refractivity contribution in [2.75, 3.05) is 18.5 Å². The lowest BCUT2D eigenvalue weighted by Crippen LogP contribution is -2.43. The lowest BCUT2D eigenvalue weighted by Gasteiger charge is -2.32. The van der Waals surface area contributed by atoms with Crippen LogP contribution < -0.4 is 11.1 Å². The van der Waals surface area contributed by atoms with Gasteiger partial charge in [0.1, 0.15) is 11.9 Å². The molecule has 16 nitrogen and oxygen atoms in total. The largest absolute Gasteiger partial charge is 0.438 e. The average Bonchev–Trinajstić information content (AvgIpc) is 3.64. The zero-order chi connectivity index (χ0) is 27.1. The van der Waals surface area contributed by atoms with E-state index in [0.29, 0.717) is 16.9 Å². The molecule has 5 rings (SSSR count). The van der Waals surface area contributed by atoms with E-state index < -0.39 is 56.8 Å². The van der Waals surface area contributed by atoms with Crippen LogP contribution in [0.2, 0.25) is 5.28 Å². The number of hydrogen-bond acceptors (Lipinski definition) is 12. The lowest BCUT2D eigenvalue weighted by molar-refractivity contribution is -0.109. The van der Waals surface area contributed by atoms with Gasteiger partial charge in [-0.15, -0.1) is 0 Å². The molecular weight excluding hydrogens is 549 g/mol. The fourth-order valence-electron chi connectivity index (χ4n) is 4.76. The molecule has 38 heavy (non-hydrogen) atoms. The highest BCUT2D eigenvalue weighted by Gasteiger charge is 2.50. The van der Waals surface area contributed by atoms with Crippen molar-refractivity contribution in [3.63, 3.8) is 0 Å². The number of halogens is 1. The number of fused-ring (bicyclic) bond motifs is 1. The molecule has 0 spiro atoms. The van der Waals surface area contributed by atoms with E-state index in [-0.39, 0.29) is 23.6 Å². The van der Waals surface area contributed by atoms with Gasteiger partial charge in [0.25, 0.3) is 0 Å². The van der Waals surface area contributed by atoms with Gasteiger partial charge in [-0.05, 0) is 24.4 Å². The topological polar surface area (TPSA) is 231 Å². The molecule has 1 aliphatic heterocycles. The van der Waals surface area contributed by atoms with Gasteiger partial charge < -0.3 is 34.8 Å². The monoisotopic (exact) mass is 575 g/mol. The van der Waals surface area contributed by atoms with Crippen molar-refractivity contribution in [3.8, 4) is 0 Å². The standard InChI is InChI=1S/C20H27ClN7O9P/c21-18-25-16(23-10-3-1-2-4-10)11-7-22-28(17(11)26-18)15-5-12(30)13(36-15)8-35-20(9-29,38(32,33)34)6-14-24-19(31)37-27-14/h7,10,12-13,15,29-30H,1-6,8-9H2,(H,23,25,26)(H,24,27,31)(H2,32,33,34)/t12-,13+,15+,20?/m0/s1. The Hall–Kier alpha value is -2.43. The summed E-state index contributed by atoms with van der Waals surface area (Å²) in [5.74, 6) is -0.622. The van der Waals surface area contributed by atoms with Crippen LogP contribution in [0.1, 0.15) is 44.2 Å². The van der Waals surface area contributed by atoms with Crippen molar-refractivity contribution in [2.45, 2.75) is 68.3 Å². The summed E-state index contributed by atoms with van der Waals surface area (Å²) in [7, 11) is -5.13. The van der Waals surface area contributed by atoms with E-state index in [1.807, 2.05) is 0 Å². The first kappa shape index (κ1) is 27.1. The van der Waals surface area contributed by atoms with Crippen molar-refractivity contribution < 1.29 is 38.6 Å². The number of aliphatic hydroxyl groups is 2. The summed E-state index contributed by atoms with van der Waals surface area (Å²) in [4.78, 5) is 41.9. The second-order valence-corrected chi connectivity index (χ2v) is 11.6. The van der Waals surface area contributed by atoms with Gasteiger partial charge in [-0.2, -0.15) is 15.1 Å². The maximum absolute atomic E-state index is 12.3. The molecule has 0 radical (unpaired) electrons. The molecule has 0 amide bonds. The van der Waals surface area contributed by atoms with E-state index in [1.165, 1.54) is 4.68 Å². The van der Waals surface area contributed by atoms with E-state index in [9.17, 15) is 29.4 Å². The Balaban J connectivity index is 1.33. The minimum absolute atomic E-state index is 0.0125. The van der Waals surface area contributed by atoms with E-state index in [1.54, 1.807) is 6.20 Å². The Bertz CT molecular complexity index is 1390. The molecule has 4 atom stereocenters. The molecule has 3 aromatic rings. The Morgan fingerprint density at radius 1 is 1.32 bits per heavy atom. The number of aliphatic hydroxyl groups excluding tert-OH is 2. The second kappa shape index (κ2) is 10.6. The smallest absolute Gasteiger partial charge is 0.393 e. The first-order chi connectivity index (χ1) is 18.1. The SMILES string of the molecule is O=c1[nH]c(CC(CO)(OC[C@H]2O[C@@H](n3ncc4c(NC5CCCC5)nc(Cl)nc43)C[C@@H]2O)P(=O)(O)O)no1. The first-order valence-corrected chi connectivity index (χ1v) is 13.9. The molecule has 4 heterocycles. The molecule has 1 saturated heterocycles. The normalized spacial score (nSPS) is 24.3. The molecule has 2 aliphatic rings. The number of rotatable bonds is 10. The third-order valence-electron chi connectivity index (χ3n) is 6.82. The molecule has 0 aromatic carbocycles. The fourth-order valence-corrected chi connectivity index (χ4v) is 5.71. The number of ether oxygens (including phenoxy) is 2. The van der Waals surface area contributed by atoms with Crippen LogP contribution >= 0.6 is 19.2 Å². The molecular formula is C20H27ClN7O9P. The molecule has 208 valence electrons. The predicted octanol–water partition coefficient (Wildman–Crippen LogP) is 0.284. The summed E-state index contributed by atoms with van der Waals surface area (Å²) in [6.07, 6.45) is 2.34. The average molecular weight is 576 g/mol. The van der Waals surface area contributed by atoms with Gasteiger partial charge in [0.05, 0.1) is 37.3 Å². The Kier molecular flexibility index (Phi) is 7.59. The van der Waals surface area contributed by atoms with Gasteiger partial charge in [-0.1, -0.05) is 18.0 Å². The number of H-pyrrole nitrogens is 1. The van der Waals surface area contributed by atoms with Gasteiger partial charge in [0.15, 0.2) is 23.0 Å². The van der Waals surface area contributed by atoms with E-state index in [4.69, 9.17) is 21.1 Å². The number of aromatic nitrogens is 6. The van der Waals surface area contributed by atoms with E-state index in [0.717, 1.165) is 25.7 Å². The zero-order valence-electron chi connectivity index (χ0n) is 19.9. The highest BCUT2D eigenvalue weighted by Crippen LogP contribution is 2.53. The number of aromatic amines is 1. The fraction of sp³-hybridized carbons (Fsp3) is 0.650. The summed E-state index contributed by atoms with van der Waals surface area (Å²) in [5, 5.41) is 29.8. The third-order valence-corrected chi connectivity index (χ3v) is 8.48. The van der Waals surface area contributed by atoms with Gasteiger partial charge >= 0.3 is 13.4 Å². The van der Waals surface area contributed by atoms with Crippen LogP contribution in [-0.4, -0.2) is 86.7 Å². The van der Waals surface area contributed by atoms with Gasteiger partial charge in [-0.25, -0.2) is 9.48 Å². The van der Waals surface area contributed by atoms with Crippen molar-refractivity contribution in [1.29, 1.82) is 0 Å². The lowest BCUT2D eigenvalue weighted by atomic mass is 10.2.